The van der Waals surface area contributed by atoms with Crippen LogP contribution in [0.4, 0.5) is 5.00 Å². The van der Waals surface area contributed by atoms with Gasteiger partial charge >= 0.3 is 0 Å². The van der Waals surface area contributed by atoms with Crippen molar-refractivity contribution in [2.45, 2.75) is 38.2 Å². The average molecular weight is 284 g/mol. The van der Waals surface area contributed by atoms with Gasteiger partial charge in [0.25, 0.3) is 5.22 Å². The molecule has 0 aliphatic heterocycles. The van der Waals surface area contributed by atoms with E-state index in [1.165, 1.54) is 11.5 Å². The van der Waals surface area contributed by atoms with E-state index in [2.05, 4.69) is 26.8 Å². The number of thioether (sulfide) groups is 1. The van der Waals surface area contributed by atoms with Crippen molar-refractivity contribution in [1.82, 2.24) is 14.6 Å². The van der Waals surface area contributed by atoms with Crippen LogP contribution in [-0.4, -0.2) is 21.1 Å². The predicted molar refractivity (Wildman–Crippen MR) is 74.2 cm³/mol. The molecule has 2 heterocycles. The largest absolute Gasteiger partial charge is 0.437 e. The fourth-order valence-corrected chi connectivity index (χ4v) is 2.86. The molecular weight excluding hydrogens is 268 g/mol. The molecule has 0 spiro atoms. The molecule has 0 aliphatic carbocycles. The van der Waals surface area contributed by atoms with E-state index in [4.69, 9.17) is 4.42 Å². The lowest BCUT2D eigenvalue weighted by atomic mass is 10.4. The molecule has 0 aliphatic rings. The molecule has 18 heavy (non-hydrogen) atoms. The highest BCUT2D eigenvalue weighted by atomic mass is 32.2. The Labute approximate surface area is 115 Å². The molecule has 0 saturated carbocycles. The van der Waals surface area contributed by atoms with Crippen molar-refractivity contribution in [3.8, 4) is 0 Å². The van der Waals surface area contributed by atoms with Gasteiger partial charge in [-0.2, -0.15) is 0 Å². The Bertz CT molecular complexity index is 489. The molecule has 1 N–H and O–H groups in total. The number of anilines is 1. The van der Waals surface area contributed by atoms with Crippen molar-refractivity contribution >= 4 is 28.3 Å². The van der Waals surface area contributed by atoms with E-state index >= 15 is 0 Å². The van der Waals surface area contributed by atoms with Crippen LogP contribution in [0, 0.1) is 13.8 Å². The predicted octanol–water partition coefficient (Wildman–Crippen LogP) is 3.26. The van der Waals surface area contributed by atoms with Crippen molar-refractivity contribution in [2.75, 3.05) is 11.9 Å². The summed E-state index contributed by atoms with van der Waals surface area (Å²) in [6.07, 6.45) is 1.09. The number of hydrogen-bond acceptors (Lipinski definition) is 7. The van der Waals surface area contributed by atoms with E-state index < -0.39 is 0 Å². The molecule has 0 radical (unpaired) electrons. The Morgan fingerprint density at radius 1 is 1.39 bits per heavy atom. The van der Waals surface area contributed by atoms with Gasteiger partial charge in [0.05, 0.1) is 11.4 Å². The first kappa shape index (κ1) is 13.4. The molecule has 0 amide bonds. The molecule has 0 saturated heterocycles. The first-order chi connectivity index (χ1) is 8.70. The van der Waals surface area contributed by atoms with E-state index in [1.807, 2.05) is 13.8 Å². The number of hydrogen-bond donors (Lipinski definition) is 1. The van der Waals surface area contributed by atoms with Gasteiger partial charge in [0, 0.05) is 18.1 Å². The summed E-state index contributed by atoms with van der Waals surface area (Å²) in [6.45, 7) is 6.94. The molecule has 5 nitrogen and oxygen atoms in total. The Hall–Kier alpha value is -1.08. The summed E-state index contributed by atoms with van der Waals surface area (Å²) in [5.74, 6) is 1.60. The summed E-state index contributed by atoms with van der Waals surface area (Å²) in [5.41, 5.74) is 1.91. The molecule has 2 rings (SSSR count). The second kappa shape index (κ2) is 6.19. The van der Waals surface area contributed by atoms with Crippen LogP contribution in [0.5, 0.6) is 0 Å². The van der Waals surface area contributed by atoms with E-state index in [-0.39, 0.29) is 0 Å². The monoisotopic (exact) mass is 284 g/mol. The molecule has 7 heteroatoms. The lowest BCUT2D eigenvalue weighted by molar-refractivity contribution is 0.431. The second-order valence-corrected chi connectivity index (χ2v) is 5.57. The van der Waals surface area contributed by atoms with Crippen molar-refractivity contribution in [3.05, 3.63) is 17.1 Å². The molecule has 2 aromatic heterocycles. The Morgan fingerprint density at radius 3 is 2.89 bits per heavy atom. The average Bonchev–Trinajstić information content (AvgIpc) is 2.92. The molecule has 0 atom stereocenters. The summed E-state index contributed by atoms with van der Waals surface area (Å²) < 4.78 is 9.50. The number of aromatic nitrogens is 3. The summed E-state index contributed by atoms with van der Waals surface area (Å²) in [5, 5.41) is 9.19. The topological polar surface area (TPSA) is 63.8 Å². The molecule has 98 valence electrons. The summed E-state index contributed by atoms with van der Waals surface area (Å²) in [4.78, 5) is 4.33. The fraction of sp³-hybridized carbons (Fsp3) is 0.545. The maximum atomic E-state index is 5.52. The van der Waals surface area contributed by atoms with Crippen LogP contribution < -0.4 is 5.32 Å². The third-order valence-corrected chi connectivity index (χ3v) is 4.00. The number of rotatable bonds is 6. The Kier molecular flexibility index (Phi) is 4.60. The molecule has 0 unspecified atom stereocenters. The van der Waals surface area contributed by atoms with Gasteiger partial charge in [-0.05, 0) is 20.3 Å². The Balaban J connectivity index is 1.95. The minimum atomic E-state index is 0.694. The SMILES string of the molecule is CCCNc1snnc1CSc1nc(C)c(C)o1. The van der Waals surface area contributed by atoms with Gasteiger partial charge in [0.1, 0.15) is 16.5 Å². The second-order valence-electron chi connectivity index (χ2n) is 3.89. The van der Waals surface area contributed by atoms with Crippen molar-refractivity contribution < 1.29 is 4.42 Å². The van der Waals surface area contributed by atoms with Gasteiger partial charge in [-0.15, -0.1) is 5.10 Å². The van der Waals surface area contributed by atoms with E-state index in [9.17, 15) is 0 Å². The highest BCUT2D eigenvalue weighted by Crippen LogP contribution is 2.27. The fourth-order valence-electron chi connectivity index (χ4n) is 1.31. The highest BCUT2D eigenvalue weighted by Gasteiger charge is 2.11. The smallest absolute Gasteiger partial charge is 0.256 e. The molecule has 0 aromatic carbocycles. The number of nitrogens with one attached hydrogen (secondary N) is 1. The minimum absolute atomic E-state index is 0.694. The van der Waals surface area contributed by atoms with E-state index in [1.54, 1.807) is 11.8 Å². The summed E-state index contributed by atoms with van der Waals surface area (Å²) in [7, 11) is 0. The molecule has 0 fully saturated rings. The zero-order valence-electron chi connectivity index (χ0n) is 10.7. The quantitative estimate of drug-likeness (QED) is 0.821. The maximum Gasteiger partial charge on any atom is 0.256 e. The van der Waals surface area contributed by atoms with Crippen molar-refractivity contribution in [1.29, 1.82) is 0 Å². The lowest BCUT2D eigenvalue weighted by Crippen LogP contribution is -2.00. The zero-order chi connectivity index (χ0) is 13.0. The van der Waals surface area contributed by atoms with Crippen LogP contribution in [0.15, 0.2) is 9.64 Å². The van der Waals surface area contributed by atoms with Crippen molar-refractivity contribution in [3.63, 3.8) is 0 Å². The first-order valence-electron chi connectivity index (χ1n) is 5.82. The highest BCUT2D eigenvalue weighted by molar-refractivity contribution is 7.98. The van der Waals surface area contributed by atoms with Crippen LogP contribution in [0.2, 0.25) is 0 Å². The molecule has 0 bridgehead atoms. The Morgan fingerprint density at radius 2 is 2.22 bits per heavy atom. The summed E-state index contributed by atoms with van der Waals surface area (Å²) in [6, 6.07) is 0. The van der Waals surface area contributed by atoms with Gasteiger partial charge in [0.15, 0.2) is 0 Å². The maximum absolute atomic E-state index is 5.52. The van der Waals surface area contributed by atoms with Gasteiger partial charge in [0.2, 0.25) is 0 Å². The first-order valence-corrected chi connectivity index (χ1v) is 7.58. The van der Waals surface area contributed by atoms with Crippen LogP contribution in [0.3, 0.4) is 0 Å². The van der Waals surface area contributed by atoms with Gasteiger partial charge in [-0.1, -0.05) is 23.2 Å². The van der Waals surface area contributed by atoms with E-state index in [0.717, 1.165) is 40.9 Å². The standard InChI is InChI=1S/C11H16N4OS2/c1-4-5-12-10-9(14-15-18-10)6-17-11-13-7(2)8(3)16-11/h12H,4-6H2,1-3H3. The van der Waals surface area contributed by atoms with Gasteiger partial charge < -0.3 is 9.73 Å². The van der Waals surface area contributed by atoms with Crippen LogP contribution in [0.1, 0.15) is 30.5 Å². The third-order valence-electron chi connectivity index (χ3n) is 2.43. The zero-order valence-corrected chi connectivity index (χ0v) is 12.3. The normalized spacial score (nSPS) is 10.8. The third kappa shape index (κ3) is 3.23. The van der Waals surface area contributed by atoms with Crippen LogP contribution >= 0.6 is 23.3 Å². The number of oxazole rings is 1. The van der Waals surface area contributed by atoms with Gasteiger partial charge in [-0.25, -0.2) is 4.98 Å². The van der Waals surface area contributed by atoms with Crippen molar-refractivity contribution in [2.24, 2.45) is 0 Å². The summed E-state index contributed by atoms with van der Waals surface area (Å²) >= 11 is 2.94. The number of aryl methyl sites for hydroxylation is 2. The lowest BCUT2D eigenvalue weighted by Gasteiger charge is -2.01. The van der Waals surface area contributed by atoms with Crippen LogP contribution in [0.25, 0.3) is 0 Å². The number of nitrogens with zero attached hydrogens (tertiary/aromatic N) is 3. The van der Waals surface area contributed by atoms with Gasteiger partial charge in [-0.3, -0.25) is 0 Å². The van der Waals surface area contributed by atoms with Crippen LogP contribution in [-0.2, 0) is 5.75 Å². The molecule has 2 aromatic rings. The van der Waals surface area contributed by atoms with E-state index in [0.29, 0.717) is 5.22 Å². The minimum Gasteiger partial charge on any atom is -0.437 e. The molecular formula is C11H16N4OS2.